The van der Waals surface area contributed by atoms with E-state index in [-0.39, 0.29) is 6.61 Å². The molecule has 25 heavy (non-hydrogen) atoms. The molecule has 0 saturated carbocycles. The largest absolute Gasteiger partial charge is 0.497 e. The van der Waals surface area contributed by atoms with Crippen LogP contribution in [-0.4, -0.2) is 33.1 Å². The lowest BCUT2D eigenvalue weighted by Gasteiger charge is -2.11. The number of methoxy groups -OCH3 is 2. The Balaban J connectivity index is 2.22. The average Bonchev–Trinajstić information content (AvgIpc) is 2.65. The zero-order valence-corrected chi connectivity index (χ0v) is 14.6. The van der Waals surface area contributed by atoms with Crippen LogP contribution in [0.4, 0.5) is 0 Å². The van der Waals surface area contributed by atoms with Crippen LogP contribution in [0.15, 0.2) is 48.0 Å². The minimum absolute atomic E-state index is 0.0531. The van der Waals surface area contributed by atoms with Crippen LogP contribution in [0.1, 0.15) is 15.9 Å². The van der Waals surface area contributed by atoms with Crippen molar-refractivity contribution >= 4 is 29.9 Å². The summed E-state index contributed by atoms with van der Waals surface area (Å²) in [6.07, 6.45) is 2.31. The zero-order valence-electron chi connectivity index (χ0n) is 13.8. The van der Waals surface area contributed by atoms with E-state index in [4.69, 9.17) is 25.8 Å². The third-order valence-electron chi connectivity index (χ3n) is 3.39. The highest BCUT2D eigenvalue weighted by Gasteiger charge is 2.13. The molecule has 0 heterocycles. The molecule has 0 aromatic heterocycles. The molecule has 0 aliphatic carbocycles. The van der Waals surface area contributed by atoms with Gasteiger partial charge in [0.05, 0.1) is 25.4 Å². The van der Waals surface area contributed by atoms with Crippen LogP contribution in [0.5, 0.6) is 11.5 Å². The first-order valence-electron chi connectivity index (χ1n) is 7.38. The van der Waals surface area contributed by atoms with Gasteiger partial charge in [0.1, 0.15) is 18.1 Å². The smallest absolute Gasteiger partial charge is 0.337 e. The number of aldehydes is 1. The van der Waals surface area contributed by atoms with Crippen molar-refractivity contribution in [2.75, 3.05) is 20.8 Å². The van der Waals surface area contributed by atoms with Crippen molar-refractivity contribution in [2.24, 2.45) is 0 Å². The molecule has 5 nitrogen and oxygen atoms in total. The summed E-state index contributed by atoms with van der Waals surface area (Å²) in [5.74, 6) is 0.372. The van der Waals surface area contributed by atoms with E-state index in [0.717, 1.165) is 5.56 Å². The number of hydrogen-bond acceptors (Lipinski definition) is 5. The topological polar surface area (TPSA) is 61.8 Å². The van der Waals surface area contributed by atoms with Gasteiger partial charge in [0.15, 0.2) is 6.29 Å². The van der Waals surface area contributed by atoms with Crippen molar-refractivity contribution in [1.82, 2.24) is 0 Å². The van der Waals surface area contributed by atoms with Crippen LogP contribution in [0, 0.1) is 0 Å². The van der Waals surface area contributed by atoms with Crippen LogP contribution in [0.25, 0.3) is 6.08 Å². The molecule has 0 bridgehead atoms. The Hall–Kier alpha value is -2.79. The fourth-order valence-electron chi connectivity index (χ4n) is 2.08. The molecular formula is C19H17ClO5. The van der Waals surface area contributed by atoms with E-state index in [1.54, 1.807) is 48.5 Å². The summed E-state index contributed by atoms with van der Waals surface area (Å²) in [5, 5.41) is 0.599. The summed E-state index contributed by atoms with van der Waals surface area (Å²) in [4.78, 5) is 23.2. The molecule has 0 radical (unpaired) electrons. The minimum atomic E-state index is -0.517. The van der Waals surface area contributed by atoms with E-state index in [9.17, 15) is 9.59 Å². The van der Waals surface area contributed by atoms with Crippen molar-refractivity contribution in [1.29, 1.82) is 0 Å². The molecule has 2 aromatic carbocycles. The molecule has 0 spiro atoms. The molecule has 0 atom stereocenters. The van der Waals surface area contributed by atoms with Gasteiger partial charge in [-0.25, -0.2) is 4.79 Å². The Bertz CT molecular complexity index is 781. The quantitative estimate of drug-likeness (QED) is 0.427. The van der Waals surface area contributed by atoms with Crippen molar-refractivity contribution in [3.05, 3.63) is 64.2 Å². The molecule has 0 aliphatic heterocycles. The molecule has 0 amide bonds. The number of ether oxygens (including phenoxy) is 3. The molecule has 130 valence electrons. The van der Waals surface area contributed by atoms with E-state index in [0.29, 0.717) is 33.9 Å². The molecule has 0 fully saturated rings. The Morgan fingerprint density at radius 1 is 1.12 bits per heavy atom. The van der Waals surface area contributed by atoms with Crippen LogP contribution >= 0.6 is 11.6 Å². The Morgan fingerprint density at radius 3 is 2.44 bits per heavy atom. The zero-order chi connectivity index (χ0) is 18.2. The van der Waals surface area contributed by atoms with Crippen LogP contribution in [0.3, 0.4) is 0 Å². The fraction of sp³-hybridized carbons (Fsp3) is 0.158. The Kier molecular flexibility index (Phi) is 6.60. The Labute approximate surface area is 150 Å². The van der Waals surface area contributed by atoms with Crippen molar-refractivity contribution in [3.63, 3.8) is 0 Å². The monoisotopic (exact) mass is 360 g/mol. The van der Waals surface area contributed by atoms with Gasteiger partial charge >= 0.3 is 5.97 Å². The molecule has 0 saturated heterocycles. The van der Waals surface area contributed by atoms with Gasteiger partial charge in [0, 0.05) is 5.02 Å². The van der Waals surface area contributed by atoms with Crippen LogP contribution < -0.4 is 9.47 Å². The standard InChI is InChI=1S/C19H17ClO5/c1-23-17-7-8-18(14(10-17)11-21)25-12-15(19(22)24-2)9-13-3-5-16(20)6-4-13/h3-11H,12H2,1-2H3/b15-9-. The maximum atomic E-state index is 12.0. The highest BCUT2D eigenvalue weighted by atomic mass is 35.5. The third-order valence-corrected chi connectivity index (χ3v) is 3.64. The predicted octanol–water partition coefficient (Wildman–Crippen LogP) is 3.80. The number of benzene rings is 2. The second-order valence-electron chi connectivity index (χ2n) is 5.02. The van der Waals surface area contributed by atoms with E-state index in [2.05, 4.69) is 0 Å². The van der Waals surface area contributed by atoms with Gasteiger partial charge in [-0.05, 0) is 42.0 Å². The number of esters is 1. The molecule has 2 aromatic rings. The van der Waals surface area contributed by atoms with E-state index in [1.165, 1.54) is 14.2 Å². The summed E-state index contributed by atoms with van der Waals surface area (Å²) in [6, 6.07) is 11.8. The molecule has 0 N–H and O–H groups in total. The molecule has 6 heteroatoms. The number of hydrogen-bond donors (Lipinski definition) is 0. The molecular weight excluding hydrogens is 344 g/mol. The SMILES string of the molecule is COC(=O)/C(=C\c1ccc(Cl)cc1)COc1ccc(OC)cc1C=O. The summed E-state index contributed by atoms with van der Waals surface area (Å²) in [6.45, 7) is -0.0531. The van der Waals surface area contributed by atoms with Gasteiger partial charge in [-0.1, -0.05) is 23.7 Å². The van der Waals surface area contributed by atoms with Gasteiger partial charge in [-0.2, -0.15) is 0 Å². The van der Waals surface area contributed by atoms with Crippen molar-refractivity contribution in [2.45, 2.75) is 0 Å². The molecule has 2 rings (SSSR count). The van der Waals surface area contributed by atoms with Gasteiger partial charge in [-0.3, -0.25) is 4.79 Å². The van der Waals surface area contributed by atoms with E-state index < -0.39 is 5.97 Å². The van der Waals surface area contributed by atoms with Crippen molar-refractivity contribution in [3.8, 4) is 11.5 Å². The van der Waals surface area contributed by atoms with Gasteiger partial charge in [0.2, 0.25) is 0 Å². The molecule has 0 aliphatic rings. The first-order chi connectivity index (χ1) is 12.1. The highest BCUT2D eigenvalue weighted by molar-refractivity contribution is 6.30. The highest BCUT2D eigenvalue weighted by Crippen LogP contribution is 2.23. The van der Waals surface area contributed by atoms with Crippen LogP contribution in [0.2, 0.25) is 5.02 Å². The lowest BCUT2D eigenvalue weighted by atomic mass is 10.1. The number of carbonyl (C=O) groups is 2. The predicted molar refractivity (Wildman–Crippen MR) is 95.3 cm³/mol. The fourth-order valence-corrected chi connectivity index (χ4v) is 2.21. The van der Waals surface area contributed by atoms with E-state index in [1.807, 2.05) is 0 Å². The van der Waals surface area contributed by atoms with E-state index >= 15 is 0 Å². The number of carbonyl (C=O) groups excluding carboxylic acids is 2. The Morgan fingerprint density at radius 2 is 1.84 bits per heavy atom. The average molecular weight is 361 g/mol. The number of halogens is 1. The first kappa shape index (κ1) is 18.5. The summed E-state index contributed by atoms with van der Waals surface area (Å²) >= 11 is 5.86. The second kappa shape index (κ2) is 8.89. The normalized spacial score (nSPS) is 10.9. The van der Waals surface area contributed by atoms with Crippen molar-refractivity contribution < 1.29 is 23.8 Å². The van der Waals surface area contributed by atoms with Gasteiger partial charge in [0.25, 0.3) is 0 Å². The maximum Gasteiger partial charge on any atom is 0.337 e. The van der Waals surface area contributed by atoms with Gasteiger partial charge in [-0.15, -0.1) is 0 Å². The summed E-state index contributed by atoms with van der Waals surface area (Å²) in [5.41, 5.74) is 1.41. The van der Waals surface area contributed by atoms with Gasteiger partial charge < -0.3 is 14.2 Å². The minimum Gasteiger partial charge on any atom is -0.497 e. The third kappa shape index (κ3) is 5.09. The maximum absolute atomic E-state index is 12.0. The summed E-state index contributed by atoms with van der Waals surface area (Å²) in [7, 11) is 2.80. The lowest BCUT2D eigenvalue weighted by Crippen LogP contribution is -2.13. The van der Waals surface area contributed by atoms with Crippen LogP contribution in [-0.2, 0) is 9.53 Å². The second-order valence-corrected chi connectivity index (χ2v) is 5.46. The summed E-state index contributed by atoms with van der Waals surface area (Å²) < 4.78 is 15.5. The first-order valence-corrected chi connectivity index (χ1v) is 7.75. The molecule has 0 unspecified atom stereocenters. The lowest BCUT2D eigenvalue weighted by molar-refractivity contribution is -0.136. The number of rotatable bonds is 7.